The summed E-state index contributed by atoms with van der Waals surface area (Å²) < 4.78 is 30.4. The minimum atomic E-state index is -2.96. The summed E-state index contributed by atoms with van der Waals surface area (Å²) in [6.07, 6.45) is 14.2. The summed E-state index contributed by atoms with van der Waals surface area (Å²) in [6.45, 7) is 3.11. The van der Waals surface area contributed by atoms with Gasteiger partial charge in [0.1, 0.15) is 6.10 Å². The van der Waals surface area contributed by atoms with Crippen LogP contribution in [0.3, 0.4) is 0 Å². The maximum Gasteiger partial charge on any atom is 0.313 e. The standard InChI is InChI=1S/C23H46NO4S.HI/c1-5-6-7-8-9-10-11-12-16-21-22(28-23(21)25)17-13-14-19-29(26,27)20-15-18-24(2,3)4;/h21-22H,5-20H2,1-4H3;1H/q+1;/p-1/t21-,22-;/m1./s1. The summed E-state index contributed by atoms with van der Waals surface area (Å²) in [5, 5.41) is 0. The average molecular weight is 560 g/mol. The zero-order valence-electron chi connectivity index (χ0n) is 19.8. The van der Waals surface area contributed by atoms with Crippen molar-refractivity contribution in [3.8, 4) is 0 Å². The summed E-state index contributed by atoms with van der Waals surface area (Å²) in [7, 11) is 3.28. The first-order chi connectivity index (χ1) is 13.6. The Morgan fingerprint density at radius 1 is 0.800 bits per heavy atom. The van der Waals surface area contributed by atoms with E-state index in [9.17, 15) is 13.2 Å². The van der Waals surface area contributed by atoms with E-state index in [1.54, 1.807) is 0 Å². The van der Waals surface area contributed by atoms with Gasteiger partial charge in [0.2, 0.25) is 0 Å². The van der Waals surface area contributed by atoms with Gasteiger partial charge < -0.3 is 33.2 Å². The fourth-order valence-corrected chi connectivity index (χ4v) is 5.41. The van der Waals surface area contributed by atoms with Gasteiger partial charge in [0.15, 0.2) is 9.84 Å². The Morgan fingerprint density at radius 3 is 1.90 bits per heavy atom. The topological polar surface area (TPSA) is 60.4 Å². The average Bonchev–Trinajstić information content (AvgIpc) is 2.61. The number of esters is 1. The molecular formula is C23H46INO4S. The molecule has 0 aliphatic carbocycles. The number of nitrogens with zero attached hydrogens (tertiary/aromatic N) is 1. The molecule has 0 N–H and O–H groups in total. The van der Waals surface area contributed by atoms with Crippen LogP contribution in [0.2, 0.25) is 0 Å². The van der Waals surface area contributed by atoms with E-state index in [0.29, 0.717) is 12.8 Å². The van der Waals surface area contributed by atoms with E-state index in [1.165, 1.54) is 44.9 Å². The molecule has 0 aromatic carbocycles. The lowest BCUT2D eigenvalue weighted by Gasteiger charge is -2.35. The third-order valence-corrected chi connectivity index (χ3v) is 7.69. The second-order valence-corrected chi connectivity index (χ2v) is 12.2. The predicted molar refractivity (Wildman–Crippen MR) is 121 cm³/mol. The Kier molecular flexibility index (Phi) is 15.9. The number of cyclic esters (lactones) is 1. The van der Waals surface area contributed by atoms with Crippen LogP contribution in [0.15, 0.2) is 0 Å². The van der Waals surface area contributed by atoms with Crippen molar-refractivity contribution in [1.29, 1.82) is 0 Å². The maximum atomic E-state index is 12.2. The number of carbonyl (C=O) groups excluding carboxylic acids is 1. The van der Waals surface area contributed by atoms with Crippen molar-refractivity contribution in [1.82, 2.24) is 0 Å². The van der Waals surface area contributed by atoms with E-state index in [0.717, 1.165) is 36.7 Å². The van der Waals surface area contributed by atoms with Crippen LogP contribution in [0.25, 0.3) is 0 Å². The molecule has 0 aromatic rings. The highest BCUT2D eigenvalue weighted by Gasteiger charge is 2.40. The number of quaternary nitrogens is 1. The summed E-state index contributed by atoms with van der Waals surface area (Å²) in [6, 6.07) is 0. The molecule has 1 aliphatic heterocycles. The Balaban J connectivity index is 0.00000841. The quantitative estimate of drug-likeness (QED) is 0.111. The Morgan fingerprint density at radius 2 is 1.33 bits per heavy atom. The zero-order valence-corrected chi connectivity index (χ0v) is 22.8. The van der Waals surface area contributed by atoms with Crippen molar-refractivity contribution in [3.05, 3.63) is 0 Å². The van der Waals surface area contributed by atoms with Gasteiger partial charge in [-0.3, -0.25) is 4.79 Å². The molecule has 180 valence electrons. The first kappa shape index (κ1) is 30.1. The fourth-order valence-electron chi connectivity index (χ4n) is 3.99. The number of ether oxygens (including phenoxy) is 1. The Labute approximate surface area is 203 Å². The van der Waals surface area contributed by atoms with Gasteiger partial charge in [-0.25, -0.2) is 8.42 Å². The van der Waals surface area contributed by atoms with Gasteiger partial charge in [-0.2, -0.15) is 0 Å². The summed E-state index contributed by atoms with van der Waals surface area (Å²) in [5.74, 6) is 0.539. The number of halogens is 1. The number of hydrogen-bond acceptors (Lipinski definition) is 4. The van der Waals surface area contributed by atoms with E-state index in [4.69, 9.17) is 4.74 Å². The summed E-state index contributed by atoms with van der Waals surface area (Å²) in [4.78, 5) is 11.8. The number of hydrogen-bond donors (Lipinski definition) is 0. The fraction of sp³-hybridized carbons (Fsp3) is 0.957. The number of rotatable bonds is 18. The Bertz CT molecular complexity index is 560. The van der Waals surface area contributed by atoms with Crippen molar-refractivity contribution in [3.63, 3.8) is 0 Å². The van der Waals surface area contributed by atoms with E-state index in [2.05, 4.69) is 28.1 Å². The molecule has 0 unspecified atom stereocenters. The van der Waals surface area contributed by atoms with Gasteiger partial charge in [0.05, 0.1) is 45.1 Å². The third-order valence-electron chi connectivity index (χ3n) is 5.87. The van der Waals surface area contributed by atoms with E-state index < -0.39 is 9.84 Å². The van der Waals surface area contributed by atoms with Crippen molar-refractivity contribution < 1.29 is 46.4 Å². The lowest BCUT2D eigenvalue weighted by atomic mass is 9.88. The first-order valence-corrected chi connectivity index (χ1v) is 13.7. The van der Waals surface area contributed by atoms with Gasteiger partial charge >= 0.3 is 5.97 Å². The highest BCUT2D eigenvalue weighted by Crippen LogP contribution is 2.31. The van der Waals surface area contributed by atoms with Crippen LogP contribution in [0.1, 0.15) is 90.4 Å². The largest absolute Gasteiger partial charge is 1.00 e. The van der Waals surface area contributed by atoms with Crippen molar-refractivity contribution in [2.24, 2.45) is 5.92 Å². The molecule has 7 heteroatoms. The number of unbranched alkanes of at least 4 members (excludes halogenated alkanes) is 8. The van der Waals surface area contributed by atoms with Gasteiger partial charge in [0.25, 0.3) is 0 Å². The lowest BCUT2D eigenvalue weighted by Crippen LogP contribution is -3.00. The SMILES string of the molecule is CCCCCCCCCC[C@H]1C(=O)O[C@@H]1CCCCS(=O)(=O)CCC[N+](C)(C)C.[I-]. The molecule has 1 fully saturated rings. The van der Waals surface area contributed by atoms with Crippen molar-refractivity contribution >= 4 is 15.8 Å². The van der Waals surface area contributed by atoms with Crippen molar-refractivity contribution in [2.45, 2.75) is 96.5 Å². The smallest absolute Gasteiger partial charge is 0.313 e. The first-order valence-electron chi connectivity index (χ1n) is 11.9. The molecule has 1 heterocycles. The predicted octanol–water partition coefficient (Wildman–Crippen LogP) is 1.74. The molecule has 0 spiro atoms. The maximum absolute atomic E-state index is 12.2. The highest BCUT2D eigenvalue weighted by atomic mass is 127. The minimum Gasteiger partial charge on any atom is -1.00 e. The van der Waals surface area contributed by atoms with Crippen LogP contribution in [0.5, 0.6) is 0 Å². The number of sulfone groups is 1. The molecule has 2 atom stereocenters. The van der Waals surface area contributed by atoms with Gasteiger partial charge in [-0.15, -0.1) is 0 Å². The van der Waals surface area contributed by atoms with Crippen LogP contribution in [0, 0.1) is 5.92 Å². The second-order valence-electron chi connectivity index (χ2n) is 9.86. The molecule has 1 rings (SSSR count). The third kappa shape index (κ3) is 14.2. The summed E-state index contributed by atoms with van der Waals surface area (Å²) >= 11 is 0. The Hall–Kier alpha value is 0.110. The molecule has 0 radical (unpaired) electrons. The summed E-state index contributed by atoms with van der Waals surface area (Å²) in [5.41, 5.74) is 0. The van der Waals surface area contributed by atoms with E-state index >= 15 is 0 Å². The minimum absolute atomic E-state index is 0. The van der Waals surface area contributed by atoms with Crippen LogP contribution in [0.4, 0.5) is 0 Å². The molecule has 5 nitrogen and oxygen atoms in total. The number of carbonyl (C=O) groups is 1. The van der Waals surface area contributed by atoms with Crippen molar-refractivity contribution in [2.75, 3.05) is 39.2 Å². The van der Waals surface area contributed by atoms with Crippen LogP contribution in [-0.2, 0) is 19.4 Å². The second kappa shape index (κ2) is 15.8. The zero-order chi connectivity index (χ0) is 21.8. The van der Waals surface area contributed by atoms with Gasteiger partial charge in [-0.1, -0.05) is 58.3 Å². The molecule has 0 bridgehead atoms. The molecule has 0 aromatic heterocycles. The van der Waals surface area contributed by atoms with Crippen LogP contribution in [-0.4, -0.2) is 64.2 Å². The molecule has 30 heavy (non-hydrogen) atoms. The monoisotopic (exact) mass is 559 g/mol. The molecule has 1 saturated heterocycles. The van der Waals surface area contributed by atoms with Crippen LogP contribution < -0.4 is 24.0 Å². The van der Waals surface area contributed by atoms with Gasteiger partial charge in [0, 0.05) is 6.42 Å². The molecule has 0 amide bonds. The lowest BCUT2D eigenvalue weighted by molar-refractivity contribution is -0.870. The van der Waals surface area contributed by atoms with Gasteiger partial charge in [-0.05, 0) is 25.7 Å². The normalized spacial score (nSPS) is 19.1. The molecule has 1 aliphatic rings. The van der Waals surface area contributed by atoms with E-state index in [-0.39, 0.29) is 53.5 Å². The van der Waals surface area contributed by atoms with E-state index in [1.807, 2.05) is 0 Å². The molecular weight excluding hydrogens is 513 g/mol. The van der Waals surface area contributed by atoms with Crippen LogP contribution >= 0.6 is 0 Å². The molecule has 0 saturated carbocycles. The highest BCUT2D eigenvalue weighted by molar-refractivity contribution is 7.91.